The van der Waals surface area contributed by atoms with Crippen LogP contribution in [0.25, 0.3) is 0 Å². The number of aryl methyl sites for hydroxylation is 1. The van der Waals surface area contributed by atoms with Crippen LogP contribution in [0.2, 0.25) is 0 Å². The van der Waals surface area contributed by atoms with Gasteiger partial charge in [0.05, 0.1) is 5.75 Å². The maximum absolute atomic E-state index is 13.1. The monoisotopic (exact) mass is 412 g/mol. The lowest BCUT2D eigenvalue weighted by molar-refractivity contribution is -0.139. The number of benzene rings is 2. The highest BCUT2D eigenvalue weighted by Gasteiger charge is 2.28. The number of carbonyl (C=O) groups is 2. The molecule has 1 N–H and O–H groups in total. The van der Waals surface area contributed by atoms with Crippen LogP contribution in [0.3, 0.4) is 0 Å². The lowest BCUT2D eigenvalue weighted by Crippen LogP contribution is -2.49. The van der Waals surface area contributed by atoms with Crippen LogP contribution in [0.4, 0.5) is 0 Å². The number of amides is 2. The largest absolute Gasteiger partial charge is 0.354 e. The minimum absolute atomic E-state index is 0.00550. The van der Waals surface area contributed by atoms with Crippen molar-refractivity contribution in [1.29, 1.82) is 0 Å². The van der Waals surface area contributed by atoms with E-state index in [0.29, 0.717) is 25.3 Å². The van der Waals surface area contributed by atoms with Gasteiger partial charge < -0.3 is 10.2 Å². The third-order valence-electron chi connectivity index (χ3n) is 4.71. The van der Waals surface area contributed by atoms with Gasteiger partial charge in [0.25, 0.3) is 0 Å². The molecule has 0 aliphatic rings. The molecule has 0 saturated heterocycles. The maximum atomic E-state index is 13.1. The summed E-state index contributed by atoms with van der Waals surface area (Å²) in [5.41, 5.74) is 3.40. The van der Waals surface area contributed by atoms with Crippen molar-refractivity contribution in [2.45, 2.75) is 52.0 Å². The van der Waals surface area contributed by atoms with Crippen LogP contribution in [0, 0.1) is 6.92 Å². The fraction of sp³-hybridized carbons (Fsp3) is 0.417. The number of carbonyl (C=O) groups excluding carboxylic acids is 2. The highest BCUT2D eigenvalue weighted by molar-refractivity contribution is 7.99. The predicted molar refractivity (Wildman–Crippen MR) is 122 cm³/mol. The highest BCUT2D eigenvalue weighted by Crippen LogP contribution is 2.17. The Labute approximate surface area is 179 Å². The number of nitrogens with zero attached hydrogens (tertiary/aromatic N) is 1. The second-order valence-corrected chi connectivity index (χ2v) is 8.19. The third-order valence-corrected chi connectivity index (χ3v) is 5.70. The summed E-state index contributed by atoms with van der Waals surface area (Å²) < 4.78 is 0. The molecule has 0 heterocycles. The zero-order chi connectivity index (χ0) is 21.1. The van der Waals surface area contributed by atoms with E-state index in [1.165, 1.54) is 5.56 Å². The summed E-state index contributed by atoms with van der Waals surface area (Å²) in [5, 5.41) is 2.96. The quantitative estimate of drug-likeness (QED) is 0.588. The first-order valence-corrected chi connectivity index (χ1v) is 11.4. The molecule has 0 fully saturated rings. The second kappa shape index (κ2) is 12.3. The Morgan fingerprint density at radius 3 is 2.41 bits per heavy atom. The minimum atomic E-state index is -0.452. The molecule has 156 valence electrons. The third kappa shape index (κ3) is 7.58. The van der Waals surface area contributed by atoms with Gasteiger partial charge in [-0.05, 0) is 30.9 Å². The summed E-state index contributed by atoms with van der Waals surface area (Å²) in [6.07, 6.45) is 1.47. The summed E-state index contributed by atoms with van der Waals surface area (Å²) in [6.45, 7) is 7.10. The van der Waals surface area contributed by atoms with Gasteiger partial charge in [0.15, 0.2) is 0 Å². The standard InChI is InChI=1S/C24H32N2O2S/c1-4-14-25-24(28)22(5-2)26(16-21-13-9-10-19(3)15-21)23(27)18-29-17-20-11-7-6-8-12-20/h6-13,15,22H,4-5,14,16-18H2,1-3H3,(H,25,28)/t22-/m1/s1. The second-order valence-electron chi connectivity index (χ2n) is 7.20. The first kappa shape index (κ1) is 23.0. The summed E-state index contributed by atoms with van der Waals surface area (Å²) in [7, 11) is 0. The van der Waals surface area contributed by atoms with Crippen LogP contribution in [0.5, 0.6) is 0 Å². The lowest BCUT2D eigenvalue weighted by atomic mass is 10.1. The topological polar surface area (TPSA) is 49.4 Å². The van der Waals surface area contributed by atoms with Crippen LogP contribution in [0.1, 0.15) is 43.4 Å². The average Bonchev–Trinajstić information content (AvgIpc) is 2.72. The van der Waals surface area contributed by atoms with Crippen molar-refractivity contribution in [2.75, 3.05) is 12.3 Å². The van der Waals surface area contributed by atoms with Gasteiger partial charge >= 0.3 is 0 Å². The molecule has 0 aliphatic carbocycles. The van der Waals surface area contributed by atoms with Crippen LogP contribution in [0.15, 0.2) is 54.6 Å². The maximum Gasteiger partial charge on any atom is 0.242 e. The van der Waals surface area contributed by atoms with Crippen LogP contribution >= 0.6 is 11.8 Å². The van der Waals surface area contributed by atoms with E-state index in [0.717, 1.165) is 23.3 Å². The molecule has 0 aromatic heterocycles. The van der Waals surface area contributed by atoms with Gasteiger partial charge in [-0.1, -0.05) is 74.0 Å². The number of nitrogens with one attached hydrogen (secondary N) is 1. The van der Waals surface area contributed by atoms with Crippen LogP contribution in [-0.2, 0) is 21.9 Å². The van der Waals surface area contributed by atoms with E-state index >= 15 is 0 Å². The Morgan fingerprint density at radius 2 is 1.76 bits per heavy atom. The molecule has 2 rings (SSSR count). The molecule has 0 unspecified atom stereocenters. The van der Waals surface area contributed by atoms with Crippen molar-refractivity contribution >= 4 is 23.6 Å². The molecule has 2 amide bonds. The average molecular weight is 413 g/mol. The van der Waals surface area contributed by atoms with E-state index in [9.17, 15) is 9.59 Å². The summed E-state index contributed by atoms with van der Waals surface area (Å²) >= 11 is 1.59. The molecule has 29 heavy (non-hydrogen) atoms. The molecule has 2 aromatic carbocycles. The first-order valence-electron chi connectivity index (χ1n) is 10.3. The van der Waals surface area contributed by atoms with E-state index in [-0.39, 0.29) is 11.8 Å². The molecular formula is C24H32N2O2S. The van der Waals surface area contributed by atoms with E-state index < -0.39 is 6.04 Å². The van der Waals surface area contributed by atoms with Gasteiger partial charge in [-0.25, -0.2) is 0 Å². The molecule has 0 radical (unpaired) electrons. The zero-order valence-corrected chi connectivity index (χ0v) is 18.5. The first-order chi connectivity index (χ1) is 14.0. The van der Waals surface area contributed by atoms with Crippen molar-refractivity contribution in [2.24, 2.45) is 0 Å². The SMILES string of the molecule is CCCNC(=O)[C@@H](CC)N(Cc1cccc(C)c1)C(=O)CSCc1ccccc1. The molecular weight excluding hydrogens is 380 g/mol. The van der Waals surface area contributed by atoms with Gasteiger partial charge in [0.1, 0.15) is 6.04 Å². The van der Waals surface area contributed by atoms with Crippen molar-refractivity contribution in [3.8, 4) is 0 Å². The van der Waals surface area contributed by atoms with Gasteiger partial charge in [-0.3, -0.25) is 9.59 Å². The Hall–Kier alpha value is -2.27. The Kier molecular flexibility index (Phi) is 9.78. The fourth-order valence-corrected chi connectivity index (χ4v) is 4.08. The Bertz CT molecular complexity index is 779. The predicted octanol–water partition coefficient (Wildman–Crippen LogP) is 4.56. The van der Waals surface area contributed by atoms with Gasteiger partial charge in [0, 0.05) is 18.8 Å². The van der Waals surface area contributed by atoms with Crippen LogP contribution < -0.4 is 5.32 Å². The number of hydrogen-bond donors (Lipinski definition) is 1. The molecule has 0 spiro atoms. The molecule has 5 heteroatoms. The van der Waals surface area contributed by atoms with Crippen molar-refractivity contribution in [1.82, 2.24) is 10.2 Å². The zero-order valence-electron chi connectivity index (χ0n) is 17.7. The van der Waals surface area contributed by atoms with Crippen molar-refractivity contribution < 1.29 is 9.59 Å². The van der Waals surface area contributed by atoms with Gasteiger partial charge in [0.2, 0.25) is 11.8 Å². The lowest BCUT2D eigenvalue weighted by Gasteiger charge is -2.30. The van der Waals surface area contributed by atoms with Crippen molar-refractivity contribution in [3.05, 3.63) is 71.3 Å². The van der Waals surface area contributed by atoms with E-state index in [1.807, 2.05) is 57.2 Å². The van der Waals surface area contributed by atoms with E-state index in [4.69, 9.17) is 0 Å². The number of hydrogen-bond acceptors (Lipinski definition) is 3. The van der Waals surface area contributed by atoms with E-state index in [1.54, 1.807) is 16.7 Å². The Balaban J connectivity index is 2.10. The molecule has 0 aliphatic heterocycles. The smallest absolute Gasteiger partial charge is 0.242 e. The molecule has 1 atom stereocenters. The molecule has 2 aromatic rings. The summed E-state index contributed by atoms with van der Waals surface area (Å²) in [4.78, 5) is 27.6. The van der Waals surface area contributed by atoms with Gasteiger partial charge in [-0.15, -0.1) is 11.8 Å². The van der Waals surface area contributed by atoms with Gasteiger partial charge in [-0.2, -0.15) is 0 Å². The molecule has 0 bridgehead atoms. The molecule has 0 saturated carbocycles. The fourth-order valence-electron chi connectivity index (χ4n) is 3.21. The highest BCUT2D eigenvalue weighted by atomic mass is 32.2. The number of thioether (sulfide) groups is 1. The summed E-state index contributed by atoms with van der Waals surface area (Å²) in [5.74, 6) is 1.08. The molecule has 4 nitrogen and oxygen atoms in total. The van der Waals surface area contributed by atoms with Crippen LogP contribution in [-0.4, -0.2) is 35.1 Å². The van der Waals surface area contributed by atoms with E-state index in [2.05, 4.69) is 23.5 Å². The number of rotatable bonds is 11. The Morgan fingerprint density at radius 1 is 1.03 bits per heavy atom. The summed E-state index contributed by atoms with van der Waals surface area (Å²) in [6, 6.07) is 17.8. The minimum Gasteiger partial charge on any atom is -0.354 e. The van der Waals surface area contributed by atoms with Crippen molar-refractivity contribution in [3.63, 3.8) is 0 Å². The normalized spacial score (nSPS) is 11.7.